The van der Waals surface area contributed by atoms with Gasteiger partial charge in [0, 0.05) is 19.1 Å². The number of benzene rings is 2. The summed E-state index contributed by atoms with van der Waals surface area (Å²) in [5, 5.41) is 0.912. The van der Waals surface area contributed by atoms with Gasteiger partial charge in [-0.05, 0) is 56.4 Å². The van der Waals surface area contributed by atoms with Crippen LogP contribution in [-0.2, 0) is 22.5 Å². The van der Waals surface area contributed by atoms with Crippen molar-refractivity contribution in [2.45, 2.75) is 50.4 Å². The Morgan fingerprint density at radius 3 is 2.68 bits per heavy atom. The number of ether oxygens (including phenoxy) is 1. The maximum Gasteiger partial charge on any atom is 0.337 e. The zero-order valence-corrected chi connectivity index (χ0v) is 20.3. The van der Waals surface area contributed by atoms with E-state index >= 15 is 0 Å². The van der Waals surface area contributed by atoms with Gasteiger partial charge < -0.3 is 9.64 Å². The number of aryl methyl sites for hydroxylation is 1. The van der Waals surface area contributed by atoms with Gasteiger partial charge in [-0.15, -0.1) is 0 Å². The van der Waals surface area contributed by atoms with Crippen LogP contribution in [0.3, 0.4) is 0 Å². The zero-order valence-electron chi connectivity index (χ0n) is 19.5. The Morgan fingerprint density at radius 2 is 1.94 bits per heavy atom. The van der Waals surface area contributed by atoms with Gasteiger partial charge in [0.2, 0.25) is 5.91 Å². The lowest BCUT2D eigenvalue weighted by Gasteiger charge is -2.33. The third-order valence-corrected chi connectivity index (χ3v) is 7.22. The van der Waals surface area contributed by atoms with Gasteiger partial charge >= 0.3 is 5.97 Å². The van der Waals surface area contributed by atoms with Crippen molar-refractivity contribution in [2.24, 2.45) is 0 Å². The lowest BCUT2D eigenvalue weighted by Crippen LogP contribution is -2.43. The molecule has 0 spiro atoms. The highest BCUT2D eigenvalue weighted by molar-refractivity contribution is 7.99. The van der Waals surface area contributed by atoms with Crippen LogP contribution in [-0.4, -0.2) is 51.8 Å². The van der Waals surface area contributed by atoms with Crippen molar-refractivity contribution in [2.75, 3.05) is 19.4 Å². The SMILES string of the molecule is COC(=O)c1ccc2c(=O)n(CCc3ccccc3)c(SCC(=O)N3CCCCC3C)nc2c1. The van der Waals surface area contributed by atoms with Crippen molar-refractivity contribution in [3.63, 3.8) is 0 Å². The monoisotopic (exact) mass is 479 g/mol. The first kappa shape index (κ1) is 24.0. The molecule has 7 nitrogen and oxygen atoms in total. The number of carbonyl (C=O) groups is 2. The average Bonchev–Trinajstić information content (AvgIpc) is 2.87. The van der Waals surface area contributed by atoms with Crippen molar-refractivity contribution in [3.05, 3.63) is 70.0 Å². The summed E-state index contributed by atoms with van der Waals surface area (Å²) < 4.78 is 6.45. The van der Waals surface area contributed by atoms with Gasteiger partial charge in [-0.1, -0.05) is 42.1 Å². The molecule has 3 aromatic rings. The molecule has 0 aliphatic carbocycles. The predicted molar refractivity (Wildman–Crippen MR) is 133 cm³/mol. The largest absolute Gasteiger partial charge is 0.465 e. The predicted octanol–water partition coefficient (Wildman–Crippen LogP) is 3.92. The number of carbonyl (C=O) groups excluding carboxylic acids is 2. The van der Waals surface area contributed by atoms with Gasteiger partial charge in [0.05, 0.1) is 29.3 Å². The van der Waals surface area contributed by atoms with E-state index in [4.69, 9.17) is 9.72 Å². The minimum atomic E-state index is -0.486. The van der Waals surface area contributed by atoms with Gasteiger partial charge in [0.1, 0.15) is 0 Å². The molecule has 0 bridgehead atoms. The number of fused-ring (bicyclic) bond motifs is 1. The minimum absolute atomic E-state index is 0.0597. The fourth-order valence-electron chi connectivity index (χ4n) is 4.32. The maximum atomic E-state index is 13.4. The highest BCUT2D eigenvalue weighted by Gasteiger charge is 2.24. The van der Waals surface area contributed by atoms with Gasteiger partial charge in [0.15, 0.2) is 5.16 Å². The molecule has 34 heavy (non-hydrogen) atoms. The molecule has 2 aromatic carbocycles. The number of hydrogen-bond acceptors (Lipinski definition) is 6. The van der Waals surface area contributed by atoms with E-state index in [-0.39, 0.29) is 23.3 Å². The van der Waals surface area contributed by atoms with Crippen molar-refractivity contribution >= 4 is 34.5 Å². The van der Waals surface area contributed by atoms with Crippen molar-refractivity contribution < 1.29 is 14.3 Å². The molecule has 1 amide bonds. The molecule has 178 valence electrons. The Kier molecular flexibility index (Phi) is 7.67. The molecule has 1 saturated heterocycles. The second-order valence-electron chi connectivity index (χ2n) is 8.53. The Labute approximate surface area is 203 Å². The van der Waals surface area contributed by atoms with Crippen LogP contribution in [0.25, 0.3) is 10.9 Å². The van der Waals surface area contributed by atoms with Crippen LogP contribution in [0.1, 0.15) is 42.1 Å². The number of esters is 1. The molecule has 0 radical (unpaired) electrons. The van der Waals surface area contributed by atoms with Gasteiger partial charge in [-0.25, -0.2) is 9.78 Å². The summed E-state index contributed by atoms with van der Waals surface area (Å²) in [4.78, 5) is 45.0. The highest BCUT2D eigenvalue weighted by Crippen LogP contribution is 2.23. The molecule has 8 heteroatoms. The molecule has 4 rings (SSSR count). The van der Waals surface area contributed by atoms with Crippen LogP contribution in [0, 0.1) is 0 Å². The number of hydrogen-bond donors (Lipinski definition) is 0. The molecule has 1 aliphatic heterocycles. The molecule has 1 aliphatic rings. The number of amides is 1. The topological polar surface area (TPSA) is 81.5 Å². The normalized spacial score (nSPS) is 15.9. The van der Waals surface area contributed by atoms with E-state index in [1.807, 2.05) is 35.2 Å². The lowest BCUT2D eigenvalue weighted by molar-refractivity contribution is -0.131. The highest BCUT2D eigenvalue weighted by atomic mass is 32.2. The van der Waals surface area contributed by atoms with E-state index in [1.54, 1.807) is 22.8 Å². The third-order valence-electron chi connectivity index (χ3n) is 6.26. The van der Waals surface area contributed by atoms with E-state index in [0.717, 1.165) is 31.4 Å². The van der Waals surface area contributed by atoms with Crippen molar-refractivity contribution in [3.8, 4) is 0 Å². The summed E-state index contributed by atoms with van der Waals surface area (Å²) in [6.07, 6.45) is 3.85. The Morgan fingerprint density at radius 1 is 1.15 bits per heavy atom. The molecule has 1 atom stereocenters. The molecule has 1 fully saturated rings. The first-order chi connectivity index (χ1) is 16.5. The van der Waals surface area contributed by atoms with E-state index in [2.05, 4.69) is 6.92 Å². The van der Waals surface area contributed by atoms with E-state index < -0.39 is 5.97 Å². The first-order valence-electron chi connectivity index (χ1n) is 11.6. The van der Waals surface area contributed by atoms with Crippen molar-refractivity contribution in [1.29, 1.82) is 0 Å². The summed E-state index contributed by atoms with van der Waals surface area (Å²) in [5.41, 5.74) is 1.69. The minimum Gasteiger partial charge on any atom is -0.465 e. The number of rotatable bonds is 7. The molecule has 1 aromatic heterocycles. The molecule has 1 unspecified atom stereocenters. The van der Waals surface area contributed by atoms with E-state index in [0.29, 0.717) is 34.6 Å². The molecule has 0 N–H and O–H groups in total. The smallest absolute Gasteiger partial charge is 0.337 e. The Bertz CT molecular complexity index is 1240. The van der Waals surface area contributed by atoms with Crippen LogP contribution >= 0.6 is 11.8 Å². The molecule has 0 saturated carbocycles. The van der Waals surface area contributed by atoms with E-state index in [9.17, 15) is 14.4 Å². The standard InChI is InChI=1S/C26H29N3O4S/c1-18-8-6-7-14-28(18)23(30)17-34-26-27-22-16-20(25(32)33-2)11-12-21(22)24(31)29(26)15-13-19-9-4-3-5-10-19/h3-5,9-12,16,18H,6-8,13-15,17H2,1-2H3. The van der Waals surface area contributed by atoms with Crippen molar-refractivity contribution in [1.82, 2.24) is 14.5 Å². The Hall–Kier alpha value is -3.13. The summed E-state index contributed by atoms with van der Waals surface area (Å²) in [6.45, 7) is 3.30. The van der Waals surface area contributed by atoms with Crippen LogP contribution in [0.15, 0.2) is 58.5 Å². The van der Waals surface area contributed by atoms with Gasteiger partial charge in [-0.3, -0.25) is 14.2 Å². The van der Waals surface area contributed by atoms with Crippen LogP contribution < -0.4 is 5.56 Å². The Balaban J connectivity index is 1.66. The quantitative estimate of drug-likeness (QED) is 0.290. The second-order valence-corrected chi connectivity index (χ2v) is 9.47. The summed E-state index contributed by atoms with van der Waals surface area (Å²) >= 11 is 1.28. The number of thioether (sulfide) groups is 1. The third kappa shape index (κ3) is 5.33. The molecular weight excluding hydrogens is 450 g/mol. The van der Waals surface area contributed by atoms with Gasteiger partial charge in [-0.2, -0.15) is 0 Å². The van der Waals surface area contributed by atoms with Crippen LogP contribution in [0.2, 0.25) is 0 Å². The fraction of sp³-hybridized carbons (Fsp3) is 0.385. The summed E-state index contributed by atoms with van der Waals surface area (Å²) in [5.74, 6) is -0.213. The molecular formula is C26H29N3O4S. The zero-order chi connectivity index (χ0) is 24.1. The van der Waals surface area contributed by atoms with Gasteiger partial charge in [0.25, 0.3) is 5.56 Å². The second kappa shape index (κ2) is 10.9. The van der Waals surface area contributed by atoms with E-state index in [1.165, 1.54) is 18.9 Å². The number of methoxy groups -OCH3 is 1. The van der Waals surface area contributed by atoms with Crippen LogP contribution in [0.5, 0.6) is 0 Å². The lowest BCUT2D eigenvalue weighted by atomic mass is 10.0. The first-order valence-corrected chi connectivity index (χ1v) is 12.6. The number of piperidine rings is 1. The number of nitrogens with zero attached hydrogens (tertiary/aromatic N) is 3. The number of aromatic nitrogens is 2. The molecule has 2 heterocycles. The van der Waals surface area contributed by atoms with Crippen LogP contribution in [0.4, 0.5) is 0 Å². The summed E-state index contributed by atoms with van der Waals surface area (Å²) in [6, 6.07) is 14.9. The maximum absolute atomic E-state index is 13.4. The number of likely N-dealkylation sites (tertiary alicyclic amines) is 1. The summed E-state index contributed by atoms with van der Waals surface area (Å²) in [7, 11) is 1.32. The average molecular weight is 480 g/mol. The fourth-order valence-corrected chi connectivity index (χ4v) is 5.23.